The summed E-state index contributed by atoms with van der Waals surface area (Å²) in [4.78, 5) is 20.2. The Morgan fingerprint density at radius 1 is 1.55 bits per heavy atom. The van der Waals surface area contributed by atoms with Crippen LogP contribution in [-0.2, 0) is 6.54 Å². The van der Waals surface area contributed by atoms with Crippen molar-refractivity contribution in [2.75, 3.05) is 0 Å². The normalized spacial score (nSPS) is 16.1. The number of hydrogen-bond acceptors (Lipinski definition) is 5. The molecule has 1 amide bonds. The summed E-state index contributed by atoms with van der Waals surface area (Å²) in [5.41, 5.74) is 6.34. The molecule has 0 radical (unpaired) electrons. The Hall–Kier alpha value is -1.24. The first-order valence-corrected chi connectivity index (χ1v) is 8.45. The molecular weight excluding hydrogens is 290 g/mol. The van der Waals surface area contributed by atoms with Crippen LogP contribution in [-0.4, -0.2) is 21.8 Å². The third-order valence-corrected chi connectivity index (χ3v) is 5.19. The smallest absolute Gasteiger partial charge is 0.273 e. The first kappa shape index (κ1) is 13.7. The van der Waals surface area contributed by atoms with Crippen LogP contribution in [0.25, 0.3) is 0 Å². The van der Waals surface area contributed by atoms with E-state index in [9.17, 15) is 4.79 Å². The summed E-state index contributed by atoms with van der Waals surface area (Å²) in [6.45, 7) is 2.57. The molecular formula is C14H17N3OS2. The van der Waals surface area contributed by atoms with E-state index in [-0.39, 0.29) is 11.9 Å². The molecule has 0 aliphatic heterocycles. The number of hydrogen-bond donors (Lipinski definition) is 1. The van der Waals surface area contributed by atoms with Gasteiger partial charge in [-0.05, 0) is 31.2 Å². The van der Waals surface area contributed by atoms with Crippen molar-refractivity contribution < 1.29 is 4.79 Å². The highest BCUT2D eigenvalue weighted by molar-refractivity contribution is 7.10. The third-order valence-electron chi connectivity index (χ3n) is 3.29. The monoisotopic (exact) mass is 307 g/mol. The molecule has 2 aromatic heterocycles. The van der Waals surface area contributed by atoms with E-state index in [1.165, 1.54) is 16.2 Å². The van der Waals surface area contributed by atoms with Gasteiger partial charge in [0.15, 0.2) is 0 Å². The Kier molecular flexibility index (Phi) is 3.87. The lowest BCUT2D eigenvalue weighted by atomic mass is 10.3. The lowest BCUT2D eigenvalue weighted by Crippen LogP contribution is -2.32. The first-order valence-electron chi connectivity index (χ1n) is 6.69. The van der Waals surface area contributed by atoms with Gasteiger partial charge in [-0.2, -0.15) is 0 Å². The van der Waals surface area contributed by atoms with Gasteiger partial charge in [-0.1, -0.05) is 6.07 Å². The van der Waals surface area contributed by atoms with Gasteiger partial charge in [0.1, 0.15) is 10.7 Å². The van der Waals surface area contributed by atoms with Gasteiger partial charge in [0, 0.05) is 16.3 Å². The van der Waals surface area contributed by atoms with Gasteiger partial charge in [0.25, 0.3) is 5.91 Å². The van der Waals surface area contributed by atoms with Gasteiger partial charge in [-0.25, -0.2) is 4.98 Å². The number of thiazole rings is 1. The van der Waals surface area contributed by atoms with E-state index in [4.69, 9.17) is 5.73 Å². The zero-order valence-corrected chi connectivity index (χ0v) is 12.9. The van der Waals surface area contributed by atoms with Crippen LogP contribution in [0.5, 0.6) is 0 Å². The molecule has 0 aromatic carbocycles. The second kappa shape index (κ2) is 5.63. The lowest BCUT2D eigenvalue weighted by molar-refractivity contribution is 0.0726. The van der Waals surface area contributed by atoms with Gasteiger partial charge >= 0.3 is 0 Å². The van der Waals surface area contributed by atoms with Crippen LogP contribution in [0.3, 0.4) is 0 Å². The summed E-state index contributed by atoms with van der Waals surface area (Å²) in [7, 11) is 0. The fourth-order valence-corrected chi connectivity index (χ4v) is 3.52. The van der Waals surface area contributed by atoms with Crippen LogP contribution >= 0.6 is 22.7 Å². The Labute approximate surface area is 126 Å². The van der Waals surface area contributed by atoms with Crippen LogP contribution in [0.15, 0.2) is 22.9 Å². The molecule has 1 fully saturated rings. The molecule has 1 saturated carbocycles. The van der Waals surface area contributed by atoms with Gasteiger partial charge in [-0.15, -0.1) is 22.7 Å². The maximum atomic E-state index is 12.6. The number of amides is 1. The molecule has 2 heterocycles. The van der Waals surface area contributed by atoms with Crippen molar-refractivity contribution in [1.82, 2.24) is 9.88 Å². The summed E-state index contributed by atoms with van der Waals surface area (Å²) in [6, 6.07) is 4.35. The van der Waals surface area contributed by atoms with Crippen molar-refractivity contribution in [3.05, 3.63) is 38.5 Å². The second-order valence-electron chi connectivity index (χ2n) is 5.10. The average Bonchev–Trinajstić information content (AvgIpc) is 2.95. The predicted molar refractivity (Wildman–Crippen MR) is 81.9 cm³/mol. The molecule has 6 heteroatoms. The van der Waals surface area contributed by atoms with E-state index >= 15 is 0 Å². The van der Waals surface area contributed by atoms with Crippen molar-refractivity contribution in [3.8, 4) is 0 Å². The fraction of sp³-hybridized carbons (Fsp3) is 0.429. The summed E-state index contributed by atoms with van der Waals surface area (Å²) < 4.78 is 0. The summed E-state index contributed by atoms with van der Waals surface area (Å²) in [5.74, 6) is 0.0315. The minimum atomic E-state index is -0.117. The first-order chi connectivity index (χ1) is 9.65. The highest BCUT2D eigenvalue weighted by atomic mass is 32.1. The van der Waals surface area contributed by atoms with E-state index in [2.05, 4.69) is 11.1 Å². The quantitative estimate of drug-likeness (QED) is 0.923. The van der Waals surface area contributed by atoms with E-state index in [1.54, 1.807) is 11.3 Å². The van der Waals surface area contributed by atoms with Crippen molar-refractivity contribution in [2.45, 2.75) is 38.4 Å². The lowest BCUT2D eigenvalue weighted by Gasteiger charge is -2.20. The van der Waals surface area contributed by atoms with Gasteiger partial charge in [0.05, 0.1) is 12.6 Å². The van der Waals surface area contributed by atoms with Crippen LogP contribution < -0.4 is 5.73 Å². The zero-order valence-electron chi connectivity index (χ0n) is 11.3. The van der Waals surface area contributed by atoms with Crippen LogP contribution in [0, 0.1) is 0 Å². The Bertz CT molecular complexity index is 587. The number of aromatic nitrogens is 1. The van der Waals surface area contributed by atoms with E-state index in [0.717, 1.165) is 17.8 Å². The van der Waals surface area contributed by atoms with Gasteiger partial charge < -0.3 is 10.6 Å². The van der Waals surface area contributed by atoms with Crippen LogP contribution in [0.2, 0.25) is 0 Å². The highest BCUT2D eigenvalue weighted by Gasteiger charge is 2.34. The van der Waals surface area contributed by atoms with Gasteiger partial charge in [0.2, 0.25) is 0 Å². The minimum Gasteiger partial charge on any atom is -0.329 e. The second-order valence-corrected chi connectivity index (χ2v) is 7.03. The maximum absolute atomic E-state index is 12.6. The van der Waals surface area contributed by atoms with Gasteiger partial charge in [-0.3, -0.25) is 4.79 Å². The predicted octanol–water partition coefficient (Wildman–Crippen LogP) is 3.03. The number of carbonyl (C=O) groups excluding carboxylic acids is 1. The molecule has 0 spiro atoms. The number of thiophene rings is 1. The summed E-state index contributed by atoms with van der Waals surface area (Å²) in [6.07, 6.45) is 2.20. The zero-order chi connectivity index (χ0) is 14.1. The minimum absolute atomic E-state index is 0.0315. The Balaban J connectivity index is 1.78. The molecule has 20 heavy (non-hydrogen) atoms. The average molecular weight is 307 g/mol. The van der Waals surface area contributed by atoms with Crippen molar-refractivity contribution >= 4 is 28.6 Å². The molecule has 1 unspecified atom stereocenters. The molecule has 106 valence electrons. The van der Waals surface area contributed by atoms with Crippen LogP contribution in [0.4, 0.5) is 0 Å². The largest absolute Gasteiger partial charge is 0.329 e. The van der Waals surface area contributed by atoms with Crippen molar-refractivity contribution in [1.29, 1.82) is 0 Å². The molecule has 2 N–H and O–H groups in total. The highest BCUT2D eigenvalue weighted by Crippen LogP contribution is 2.31. The van der Waals surface area contributed by atoms with Crippen LogP contribution in [0.1, 0.15) is 46.2 Å². The topological polar surface area (TPSA) is 59.2 Å². The van der Waals surface area contributed by atoms with E-state index in [1.807, 2.05) is 28.7 Å². The number of carbonyl (C=O) groups is 1. The number of nitrogens with zero attached hydrogens (tertiary/aromatic N) is 2. The van der Waals surface area contributed by atoms with Crippen molar-refractivity contribution in [2.24, 2.45) is 5.73 Å². The number of nitrogens with two attached hydrogens (primary N) is 1. The van der Waals surface area contributed by atoms with E-state index in [0.29, 0.717) is 18.3 Å². The molecule has 1 aliphatic carbocycles. The molecule has 3 rings (SSSR count). The third kappa shape index (κ3) is 2.92. The molecule has 1 aliphatic rings. The van der Waals surface area contributed by atoms with E-state index < -0.39 is 0 Å². The number of rotatable bonds is 5. The standard InChI is InChI=1S/C14H17N3OS2/c1-9(15)13-16-12(8-20-13)14(18)17(10-4-5-10)7-11-3-2-6-19-11/h2-3,6,8-10H,4-5,7,15H2,1H3. The molecule has 0 saturated heterocycles. The Morgan fingerprint density at radius 3 is 2.90 bits per heavy atom. The molecule has 2 aromatic rings. The summed E-state index contributed by atoms with van der Waals surface area (Å²) in [5, 5.41) is 4.69. The molecule has 4 nitrogen and oxygen atoms in total. The van der Waals surface area contributed by atoms with Crippen molar-refractivity contribution in [3.63, 3.8) is 0 Å². The SMILES string of the molecule is CC(N)c1nc(C(=O)N(Cc2cccs2)C2CC2)cs1. The summed E-state index contributed by atoms with van der Waals surface area (Å²) >= 11 is 3.15. The molecule has 1 atom stereocenters. The molecule has 0 bridgehead atoms. The maximum Gasteiger partial charge on any atom is 0.273 e. The fourth-order valence-electron chi connectivity index (χ4n) is 2.07. The Morgan fingerprint density at radius 2 is 2.35 bits per heavy atom.